The van der Waals surface area contributed by atoms with Crippen LogP contribution in [0.4, 0.5) is 5.69 Å². The molecule has 0 aromatic heterocycles. The molecule has 0 aliphatic heterocycles. The number of allylic oxidation sites excluding steroid dienone is 1. The van der Waals surface area contributed by atoms with Gasteiger partial charge in [-0.2, -0.15) is 0 Å². The average molecular weight is 303 g/mol. The molecule has 1 aromatic carbocycles. The number of halogens is 1. The minimum absolute atomic E-state index is 0.0440. The zero-order valence-electron chi connectivity index (χ0n) is 10.8. The monoisotopic (exact) mass is 302 g/mol. The number of rotatable bonds is 4. The van der Waals surface area contributed by atoms with E-state index < -0.39 is 10.0 Å². The molecule has 1 aromatic rings. The molecule has 0 heterocycles. The highest BCUT2D eigenvalue weighted by Crippen LogP contribution is 2.26. The van der Waals surface area contributed by atoms with Gasteiger partial charge in [0.1, 0.15) is 4.90 Å². The maximum Gasteiger partial charge on any atom is 0.248 e. The van der Waals surface area contributed by atoms with Crippen LogP contribution in [-0.4, -0.2) is 32.7 Å². The Hall–Kier alpha value is -1.37. The summed E-state index contributed by atoms with van der Waals surface area (Å²) in [6, 6.07) is 4.31. The number of hydrogen-bond donors (Lipinski definition) is 1. The number of amides is 1. The molecular weight excluding hydrogens is 288 g/mol. The van der Waals surface area contributed by atoms with Crippen molar-refractivity contribution in [2.75, 3.05) is 19.4 Å². The van der Waals surface area contributed by atoms with Crippen LogP contribution in [0.1, 0.15) is 6.92 Å². The second-order valence-corrected chi connectivity index (χ2v) is 6.45. The molecule has 0 unspecified atom stereocenters. The van der Waals surface area contributed by atoms with Crippen molar-refractivity contribution in [3.8, 4) is 0 Å². The van der Waals surface area contributed by atoms with E-state index >= 15 is 0 Å². The normalized spacial score (nSPS) is 12.1. The first-order valence-electron chi connectivity index (χ1n) is 5.44. The van der Waals surface area contributed by atoms with Crippen molar-refractivity contribution in [3.05, 3.63) is 35.4 Å². The summed E-state index contributed by atoms with van der Waals surface area (Å²) in [5.74, 6) is -0.335. The van der Waals surface area contributed by atoms with Crippen molar-refractivity contribution in [2.24, 2.45) is 0 Å². The van der Waals surface area contributed by atoms with E-state index in [9.17, 15) is 13.2 Å². The van der Waals surface area contributed by atoms with Gasteiger partial charge in [-0.25, -0.2) is 12.7 Å². The van der Waals surface area contributed by atoms with E-state index in [0.29, 0.717) is 5.69 Å². The van der Waals surface area contributed by atoms with Crippen LogP contribution in [0.3, 0.4) is 0 Å². The Morgan fingerprint density at radius 3 is 2.53 bits per heavy atom. The number of hydrogen-bond acceptors (Lipinski definition) is 3. The van der Waals surface area contributed by atoms with Gasteiger partial charge >= 0.3 is 0 Å². The molecule has 0 saturated carbocycles. The minimum atomic E-state index is -3.65. The molecule has 0 radical (unpaired) electrons. The lowest BCUT2D eigenvalue weighted by molar-refractivity contribution is -0.111. The van der Waals surface area contributed by atoms with Gasteiger partial charge in [-0.15, -0.1) is 0 Å². The summed E-state index contributed by atoms with van der Waals surface area (Å²) < 4.78 is 25.1. The molecule has 0 saturated heterocycles. The van der Waals surface area contributed by atoms with Crippen molar-refractivity contribution >= 4 is 33.2 Å². The molecule has 1 N–H and O–H groups in total. The van der Waals surface area contributed by atoms with E-state index in [0.717, 1.165) is 4.31 Å². The fourth-order valence-corrected chi connectivity index (χ4v) is 2.70. The van der Waals surface area contributed by atoms with Gasteiger partial charge in [0.2, 0.25) is 15.9 Å². The summed E-state index contributed by atoms with van der Waals surface area (Å²) in [5.41, 5.74) is 0.368. The van der Waals surface area contributed by atoms with E-state index in [1.807, 2.05) is 0 Å². The second-order valence-electron chi connectivity index (χ2n) is 3.92. The van der Waals surface area contributed by atoms with Gasteiger partial charge in [-0.1, -0.05) is 17.7 Å². The zero-order valence-corrected chi connectivity index (χ0v) is 12.4. The Kier molecular flexibility index (Phi) is 5.11. The van der Waals surface area contributed by atoms with Crippen LogP contribution in [0.2, 0.25) is 5.02 Å². The third-order valence-corrected chi connectivity index (χ3v) is 4.57. The lowest BCUT2D eigenvalue weighted by atomic mass is 10.3. The zero-order chi connectivity index (χ0) is 14.6. The SMILES string of the molecule is C/C=C/C(=O)Nc1ccc(Cl)c(S(=O)(=O)N(C)C)c1. The van der Waals surface area contributed by atoms with E-state index in [1.165, 1.54) is 32.3 Å². The molecule has 1 amide bonds. The van der Waals surface area contributed by atoms with Gasteiger partial charge in [0.15, 0.2) is 0 Å². The molecule has 104 valence electrons. The largest absolute Gasteiger partial charge is 0.322 e. The van der Waals surface area contributed by atoms with Crippen molar-refractivity contribution in [1.82, 2.24) is 4.31 Å². The lowest BCUT2D eigenvalue weighted by Crippen LogP contribution is -2.22. The quantitative estimate of drug-likeness (QED) is 0.866. The van der Waals surface area contributed by atoms with Crippen LogP contribution in [-0.2, 0) is 14.8 Å². The highest BCUT2D eigenvalue weighted by Gasteiger charge is 2.21. The first kappa shape index (κ1) is 15.7. The topological polar surface area (TPSA) is 66.5 Å². The fraction of sp³-hybridized carbons (Fsp3) is 0.250. The van der Waals surface area contributed by atoms with Crippen molar-refractivity contribution in [3.63, 3.8) is 0 Å². The number of benzene rings is 1. The Bertz CT molecular complexity index is 609. The van der Waals surface area contributed by atoms with E-state index in [1.54, 1.807) is 19.1 Å². The van der Waals surface area contributed by atoms with Gasteiger partial charge in [0.25, 0.3) is 0 Å². The second kappa shape index (κ2) is 6.18. The molecule has 7 heteroatoms. The van der Waals surface area contributed by atoms with Crippen LogP contribution in [0.5, 0.6) is 0 Å². The van der Waals surface area contributed by atoms with Gasteiger partial charge in [0.05, 0.1) is 5.02 Å². The number of sulfonamides is 1. The molecule has 1 rings (SSSR count). The number of anilines is 1. The first-order chi connectivity index (χ1) is 8.78. The summed E-state index contributed by atoms with van der Waals surface area (Å²) in [4.78, 5) is 11.4. The maximum absolute atomic E-state index is 12.0. The van der Waals surface area contributed by atoms with Crippen LogP contribution >= 0.6 is 11.6 Å². The number of nitrogens with one attached hydrogen (secondary N) is 1. The van der Waals surface area contributed by atoms with Gasteiger partial charge in [0, 0.05) is 19.8 Å². The van der Waals surface area contributed by atoms with E-state index in [-0.39, 0.29) is 15.8 Å². The predicted octanol–water partition coefficient (Wildman–Crippen LogP) is 2.10. The van der Waals surface area contributed by atoms with Gasteiger partial charge in [-0.3, -0.25) is 4.79 Å². The molecule has 0 atom stereocenters. The molecular formula is C12H15ClN2O3S. The molecule has 0 bridgehead atoms. The molecule has 5 nitrogen and oxygen atoms in total. The molecule has 0 aliphatic carbocycles. The summed E-state index contributed by atoms with van der Waals surface area (Å²) >= 11 is 5.89. The number of carbonyl (C=O) groups is 1. The Morgan fingerprint density at radius 2 is 2.00 bits per heavy atom. The molecule has 0 spiro atoms. The summed E-state index contributed by atoms with van der Waals surface area (Å²) in [5, 5.41) is 2.66. The number of carbonyl (C=O) groups excluding carboxylic acids is 1. The first-order valence-corrected chi connectivity index (χ1v) is 7.26. The highest BCUT2D eigenvalue weighted by molar-refractivity contribution is 7.89. The third-order valence-electron chi connectivity index (χ3n) is 2.28. The summed E-state index contributed by atoms with van der Waals surface area (Å²) in [6.45, 7) is 1.71. The van der Waals surface area contributed by atoms with E-state index in [2.05, 4.69) is 5.32 Å². The smallest absolute Gasteiger partial charge is 0.248 e. The molecule has 19 heavy (non-hydrogen) atoms. The summed E-state index contributed by atoms with van der Waals surface area (Å²) in [6.07, 6.45) is 2.93. The van der Waals surface area contributed by atoms with Crippen LogP contribution in [0.25, 0.3) is 0 Å². The fourth-order valence-electron chi connectivity index (χ4n) is 1.31. The molecule has 0 aliphatic rings. The summed E-state index contributed by atoms with van der Waals surface area (Å²) in [7, 11) is -0.819. The highest BCUT2D eigenvalue weighted by atomic mass is 35.5. The Balaban J connectivity index is 3.19. The van der Waals surface area contributed by atoms with Crippen molar-refractivity contribution in [1.29, 1.82) is 0 Å². The third kappa shape index (κ3) is 3.79. The van der Waals surface area contributed by atoms with Gasteiger partial charge in [-0.05, 0) is 31.2 Å². The Morgan fingerprint density at radius 1 is 1.37 bits per heavy atom. The predicted molar refractivity (Wildman–Crippen MR) is 75.8 cm³/mol. The van der Waals surface area contributed by atoms with Gasteiger partial charge < -0.3 is 5.32 Å². The van der Waals surface area contributed by atoms with Crippen LogP contribution in [0.15, 0.2) is 35.2 Å². The maximum atomic E-state index is 12.0. The minimum Gasteiger partial charge on any atom is -0.322 e. The van der Waals surface area contributed by atoms with E-state index in [4.69, 9.17) is 11.6 Å². The van der Waals surface area contributed by atoms with Crippen molar-refractivity contribution in [2.45, 2.75) is 11.8 Å². The standard InChI is InChI=1S/C12H15ClN2O3S/c1-4-5-12(16)14-9-6-7-10(13)11(8-9)19(17,18)15(2)3/h4-8H,1-3H3,(H,14,16)/b5-4+. The van der Waals surface area contributed by atoms with Crippen LogP contribution in [0, 0.1) is 0 Å². The van der Waals surface area contributed by atoms with Crippen molar-refractivity contribution < 1.29 is 13.2 Å². The van der Waals surface area contributed by atoms with Crippen LogP contribution < -0.4 is 5.32 Å². The number of nitrogens with zero attached hydrogens (tertiary/aromatic N) is 1. The lowest BCUT2D eigenvalue weighted by Gasteiger charge is -2.14. The average Bonchev–Trinajstić information content (AvgIpc) is 2.31. The Labute approximate surface area is 117 Å². The molecule has 0 fully saturated rings.